The molecule has 0 spiro atoms. The Kier molecular flexibility index (Phi) is 3.95. The minimum Gasteiger partial charge on any atom is -0.393 e. The highest BCUT2D eigenvalue weighted by Crippen LogP contribution is 2.22. The van der Waals surface area contributed by atoms with Crippen molar-refractivity contribution in [3.8, 4) is 6.07 Å². The van der Waals surface area contributed by atoms with Gasteiger partial charge in [0.25, 0.3) is 0 Å². The highest BCUT2D eigenvalue weighted by atomic mass is 19.1. The lowest BCUT2D eigenvalue weighted by Crippen LogP contribution is -2.24. The molecule has 0 aromatic heterocycles. The maximum Gasteiger partial charge on any atom is 0.124 e. The third-order valence-corrected chi connectivity index (χ3v) is 3.48. The molecule has 0 radical (unpaired) electrons. The van der Waals surface area contributed by atoms with Gasteiger partial charge in [-0.25, -0.2) is 4.39 Å². The molecule has 0 bridgehead atoms. The summed E-state index contributed by atoms with van der Waals surface area (Å²) in [5, 5.41) is 18.3. The van der Waals surface area contributed by atoms with Gasteiger partial charge in [-0.2, -0.15) is 5.26 Å². The molecule has 1 aliphatic rings. The number of halogens is 1. The molecule has 0 amide bonds. The van der Waals surface area contributed by atoms with Crippen LogP contribution in [-0.4, -0.2) is 29.2 Å². The predicted molar refractivity (Wildman–Crippen MR) is 66.2 cm³/mol. The van der Waals surface area contributed by atoms with Crippen LogP contribution < -0.4 is 0 Å². The number of nitriles is 1. The lowest BCUT2D eigenvalue weighted by Gasteiger charge is -2.17. The number of nitrogens with zero attached hydrogens (tertiary/aromatic N) is 2. The first-order valence-electron chi connectivity index (χ1n) is 6.18. The molecule has 1 fully saturated rings. The zero-order chi connectivity index (χ0) is 13.1. The molecule has 3 nitrogen and oxygen atoms in total. The molecule has 1 aromatic rings. The van der Waals surface area contributed by atoms with Gasteiger partial charge in [0.05, 0.1) is 17.7 Å². The van der Waals surface area contributed by atoms with E-state index in [-0.39, 0.29) is 11.9 Å². The Morgan fingerprint density at radius 1 is 1.56 bits per heavy atom. The maximum absolute atomic E-state index is 13.3. The Bertz CT molecular complexity index is 467. The van der Waals surface area contributed by atoms with Crippen molar-refractivity contribution < 1.29 is 9.50 Å². The third kappa shape index (κ3) is 3.06. The second-order valence-corrected chi connectivity index (χ2v) is 4.98. The number of rotatable bonds is 3. The Hall–Kier alpha value is -1.44. The first kappa shape index (κ1) is 13.0. The van der Waals surface area contributed by atoms with Crippen molar-refractivity contribution in [3.63, 3.8) is 0 Å². The average Bonchev–Trinajstić information content (AvgIpc) is 2.76. The van der Waals surface area contributed by atoms with E-state index in [2.05, 4.69) is 4.90 Å². The zero-order valence-corrected chi connectivity index (χ0v) is 10.4. The summed E-state index contributed by atoms with van der Waals surface area (Å²) in [6.45, 7) is 4.18. The second kappa shape index (κ2) is 5.47. The van der Waals surface area contributed by atoms with Crippen LogP contribution >= 0.6 is 0 Å². The zero-order valence-electron chi connectivity index (χ0n) is 10.4. The molecule has 1 aliphatic heterocycles. The summed E-state index contributed by atoms with van der Waals surface area (Å²) in [7, 11) is 0. The number of hydrogen-bond donors (Lipinski definition) is 1. The number of aliphatic hydroxyl groups excluding tert-OH is 1. The second-order valence-electron chi connectivity index (χ2n) is 4.98. The SMILES string of the molecule is CC(O)C1CCN(Cc2cc(F)cc(C#N)c2)C1. The summed E-state index contributed by atoms with van der Waals surface area (Å²) in [6, 6.07) is 6.39. The normalized spacial score (nSPS) is 21.8. The molecule has 1 heterocycles. The Morgan fingerprint density at radius 3 is 2.94 bits per heavy atom. The molecule has 1 saturated heterocycles. The van der Waals surface area contributed by atoms with Crippen molar-refractivity contribution in [3.05, 3.63) is 35.1 Å². The monoisotopic (exact) mass is 248 g/mol. The van der Waals surface area contributed by atoms with E-state index in [1.807, 2.05) is 13.0 Å². The van der Waals surface area contributed by atoms with Crippen LogP contribution in [0.15, 0.2) is 18.2 Å². The minimum atomic E-state index is -0.365. The van der Waals surface area contributed by atoms with Crippen LogP contribution in [0.25, 0.3) is 0 Å². The molecular formula is C14H17FN2O. The molecule has 2 rings (SSSR count). The third-order valence-electron chi connectivity index (χ3n) is 3.48. The summed E-state index contributed by atoms with van der Waals surface area (Å²) in [4.78, 5) is 2.19. The van der Waals surface area contributed by atoms with Crippen molar-refractivity contribution in [2.75, 3.05) is 13.1 Å². The summed E-state index contributed by atoms with van der Waals surface area (Å²) >= 11 is 0. The number of likely N-dealkylation sites (tertiary alicyclic amines) is 1. The van der Waals surface area contributed by atoms with Crippen LogP contribution in [0.1, 0.15) is 24.5 Å². The molecule has 1 N–H and O–H groups in total. The van der Waals surface area contributed by atoms with E-state index in [9.17, 15) is 9.50 Å². The van der Waals surface area contributed by atoms with Gasteiger partial charge in [0.15, 0.2) is 0 Å². The summed E-state index contributed by atoms with van der Waals surface area (Å²) < 4.78 is 13.3. The van der Waals surface area contributed by atoms with Gasteiger partial charge in [0.1, 0.15) is 5.82 Å². The Labute approximate surface area is 106 Å². The van der Waals surface area contributed by atoms with Crippen molar-refractivity contribution in [2.45, 2.75) is 26.0 Å². The first-order chi connectivity index (χ1) is 8.58. The molecule has 18 heavy (non-hydrogen) atoms. The fourth-order valence-electron chi connectivity index (χ4n) is 2.46. The maximum atomic E-state index is 13.3. The molecule has 0 saturated carbocycles. The van der Waals surface area contributed by atoms with Gasteiger partial charge in [-0.15, -0.1) is 0 Å². The molecule has 1 aromatic carbocycles. The van der Waals surface area contributed by atoms with Crippen LogP contribution in [0, 0.1) is 23.1 Å². The van der Waals surface area contributed by atoms with E-state index < -0.39 is 0 Å². The first-order valence-corrected chi connectivity index (χ1v) is 6.18. The minimum absolute atomic E-state index is 0.294. The molecule has 4 heteroatoms. The van der Waals surface area contributed by atoms with Crippen molar-refractivity contribution >= 4 is 0 Å². The topological polar surface area (TPSA) is 47.3 Å². The van der Waals surface area contributed by atoms with Crippen molar-refractivity contribution in [1.82, 2.24) is 4.90 Å². The van der Waals surface area contributed by atoms with E-state index in [0.717, 1.165) is 25.1 Å². The molecule has 2 unspecified atom stereocenters. The predicted octanol–water partition coefficient (Wildman–Crippen LogP) is 1.90. The largest absolute Gasteiger partial charge is 0.393 e. The van der Waals surface area contributed by atoms with Crippen LogP contribution in [0.4, 0.5) is 4.39 Å². The summed E-state index contributed by atoms with van der Waals surface area (Å²) in [5.74, 6) is -0.0654. The van der Waals surface area contributed by atoms with Gasteiger partial charge >= 0.3 is 0 Å². The van der Waals surface area contributed by atoms with Crippen LogP contribution in [0.5, 0.6) is 0 Å². The van der Waals surface area contributed by atoms with Gasteiger partial charge in [-0.1, -0.05) is 0 Å². The lowest BCUT2D eigenvalue weighted by atomic mass is 10.0. The number of benzene rings is 1. The van der Waals surface area contributed by atoms with Crippen LogP contribution in [0.2, 0.25) is 0 Å². The van der Waals surface area contributed by atoms with Gasteiger partial charge < -0.3 is 5.11 Å². The smallest absolute Gasteiger partial charge is 0.124 e. The number of aliphatic hydroxyl groups is 1. The van der Waals surface area contributed by atoms with Crippen LogP contribution in [0.3, 0.4) is 0 Å². The van der Waals surface area contributed by atoms with E-state index in [4.69, 9.17) is 5.26 Å². The Morgan fingerprint density at radius 2 is 2.33 bits per heavy atom. The quantitative estimate of drug-likeness (QED) is 0.888. The molecule has 0 aliphatic carbocycles. The van der Waals surface area contributed by atoms with Crippen LogP contribution in [-0.2, 0) is 6.54 Å². The fourth-order valence-corrected chi connectivity index (χ4v) is 2.46. The van der Waals surface area contributed by atoms with E-state index in [1.54, 1.807) is 6.07 Å². The standard InChI is InChI=1S/C14H17FN2O/c1-10(18)13-2-3-17(9-13)8-12-4-11(7-16)5-14(15)6-12/h4-6,10,13,18H,2-3,8-9H2,1H3. The Balaban J connectivity index is 2.03. The highest BCUT2D eigenvalue weighted by Gasteiger charge is 2.25. The van der Waals surface area contributed by atoms with Gasteiger partial charge in [0, 0.05) is 13.1 Å². The average molecular weight is 248 g/mol. The van der Waals surface area contributed by atoms with E-state index in [1.165, 1.54) is 12.1 Å². The van der Waals surface area contributed by atoms with Gasteiger partial charge in [-0.05, 0) is 49.6 Å². The van der Waals surface area contributed by atoms with Gasteiger partial charge in [0.2, 0.25) is 0 Å². The molecular weight excluding hydrogens is 231 g/mol. The lowest BCUT2D eigenvalue weighted by molar-refractivity contribution is 0.127. The number of hydrogen-bond acceptors (Lipinski definition) is 3. The summed E-state index contributed by atoms with van der Waals surface area (Å²) in [6.07, 6.45) is 0.676. The van der Waals surface area contributed by atoms with Crippen molar-refractivity contribution in [2.24, 2.45) is 5.92 Å². The van der Waals surface area contributed by atoms with Crippen molar-refractivity contribution in [1.29, 1.82) is 5.26 Å². The summed E-state index contributed by atoms with van der Waals surface area (Å²) in [5.41, 5.74) is 1.18. The fraction of sp³-hybridized carbons (Fsp3) is 0.500. The molecule has 96 valence electrons. The van der Waals surface area contributed by atoms with E-state index >= 15 is 0 Å². The molecule has 2 atom stereocenters. The highest BCUT2D eigenvalue weighted by molar-refractivity contribution is 5.33. The van der Waals surface area contributed by atoms with Gasteiger partial charge in [-0.3, -0.25) is 4.90 Å². The van der Waals surface area contributed by atoms with E-state index in [0.29, 0.717) is 18.0 Å².